The molecule has 5 heteroatoms. The highest BCUT2D eigenvalue weighted by molar-refractivity contribution is 6.30. The maximum atomic E-state index is 5.98. The van der Waals surface area contributed by atoms with Gasteiger partial charge in [-0.25, -0.2) is 0 Å². The third kappa shape index (κ3) is 4.81. The van der Waals surface area contributed by atoms with Crippen LogP contribution in [0.1, 0.15) is 22.6 Å². The molecule has 0 radical (unpaired) electrons. The molecule has 22 heavy (non-hydrogen) atoms. The molecule has 1 aromatic carbocycles. The molecule has 0 bridgehead atoms. The van der Waals surface area contributed by atoms with Gasteiger partial charge in [0.1, 0.15) is 11.5 Å². The van der Waals surface area contributed by atoms with Gasteiger partial charge in [0.25, 0.3) is 0 Å². The lowest BCUT2D eigenvalue weighted by atomic mass is 10.1. The normalized spacial score (nSPS) is 11.5. The van der Waals surface area contributed by atoms with E-state index in [-0.39, 0.29) is 0 Å². The summed E-state index contributed by atoms with van der Waals surface area (Å²) in [7, 11) is 1.77. The van der Waals surface area contributed by atoms with E-state index in [0.29, 0.717) is 6.54 Å². The number of aliphatic imine (C=N–C) groups is 1. The van der Waals surface area contributed by atoms with Crippen LogP contribution in [-0.4, -0.2) is 19.6 Å². The zero-order valence-electron chi connectivity index (χ0n) is 13.2. The van der Waals surface area contributed by atoms with Crippen molar-refractivity contribution in [2.24, 2.45) is 4.99 Å². The van der Waals surface area contributed by atoms with Crippen molar-refractivity contribution in [1.82, 2.24) is 10.6 Å². The number of halogens is 1. The van der Waals surface area contributed by atoms with Crippen LogP contribution in [0.5, 0.6) is 0 Å². The van der Waals surface area contributed by atoms with Crippen LogP contribution in [0.2, 0.25) is 5.02 Å². The van der Waals surface area contributed by atoms with Crippen LogP contribution in [0.25, 0.3) is 0 Å². The topological polar surface area (TPSA) is 49.6 Å². The number of hydrogen-bond donors (Lipinski definition) is 2. The Morgan fingerprint density at radius 2 is 2.05 bits per heavy atom. The van der Waals surface area contributed by atoms with Gasteiger partial charge in [0.2, 0.25) is 0 Å². The van der Waals surface area contributed by atoms with Gasteiger partial charge in [-0.05, 0) is 44.0 Å². The number of benzene rings is 1. The van der Waals surface area contributed by atoms with Crippen LogP contribution in [-0.2, 0) is 13.0 Å². The van der Waals surface area contributed by atoms with Gasteiger partial charge in [-0.15, -0.1) is 0 Å². The molecule has 0 unspecified atom stereocenters. The summed E-state index contributed by atoms with van der Waals surface area (Å²) in [5, 5.41) is 7.36. The highest BCUT2D eigenvalue weighted by Crippen LogP contribution is 2.13. The minimum atomic E-state index is 0.694. The summed E-state index contributed by atoms with van der Waals surface area (Å²) in [6, 6.07) is 9.95. The molecule has 4 nitrogen and oxygen atoms in total. The number of aryl methyl sites for hydroxylation is 2. The average Bonchev–Trinajstić information content (AvgIpc) is 2.80. The third-order valence-electron chi connectivity index (χ3n) is 3.41. The molecule has 1 heterocycles. The number of nitrogens with zero attached hydrogens (tertiary/aromatic N) is 1. The third-order valence-corrected chi connectivity index (χ3v) is 3.64. The second-order valence-electron chi connectivity index (χ2n) is 5.17. The number of furan rings is 1. The van der Waals surface area contributed by atoms with Gasteiger partial charge < -0.3 is 15.1 Å². The quantitative estimate of drug-likeness (QED) is 0.655. The van der Waals surface area contributed by atoms with E-state index in [0.717, 1.165) is 41.0 Å². The molecule has 0 saturated carbocycles. The van der Waals surface area contributed by atoms with Crippen LogP contribution >= 0.6 is 11.6 Å². The summed E-state index contributed by atoms with van der Waals surface area (Å²) in [4.78, 5) is 4.23. The molecular weight excluding hydrogens is 298 g/mol. The van der Waals surface area contributed by atoms with Gasteiger partial charge in [0.15, 0.2) is 5.96 Å². The SMILES string of the molecule is CN=C(NCCc1cccc(Cl)c1)NCc1cc(C)oc1C. The molecule has 0 atom stereocenters. The Balaban J connectivity index is 1.79. The Morgan fingerprint density at radius 1 is 1.23 bits per heavy atom. The smallest absolute Gasteiger partial charge is 0.191 e. The highest BCUT2D eigenvalue weighted by Gasteiger charge is 2.05. The molecule has 118 valence electrons. The maximum Gasteiger partial charge on any atom is 0.191 e. The van der Waals surface area contributed by atoms with Crippen LogP contribution < -0.4 is 10.6 Å². The molecule has 0 aliphatic heterocycles. The fourth-order valence-electron chi connectivity index (χ4n) is 2.28. The maximum absolute atomic E-state index is 5.98. The van der Waals surface area contributed by atoms with Crippen LogP contribution in [0, 0.1) is 13.8 Å². The number of guanidine groups is 1. The Labute approximate surface area is 136 Å². The van der Waals surface area contributed by atoms with Crippen LogP contribution in [0.15, 0.2) is 39.7 Å². The summed E-state index contributed by atoms with van der Waals surface area (Å²) in [6.07, 6.45) is 0.894. The number of rotatable bonds is 5. The lowest BCUT2D eigenvalue weighted by Crippen LogP contribution is -2.37. The van der Waals surface area contributed by atoms with Crippen molar-refractivity contribution in [3.63, 3.8) is 0 Å². The van der Waals surface area contributed by atoms with Gasteiger partial charge in [-0.1, -0.05) is 23.7 Å². The van der Waals surface area contributed by atoms with Gasteiger partial charge >= 0.3 is 0 Å². The van der Waals surface area contributed by atoms with E-state index in [9.17, 15) is 0 Å². The van der Waals surface area contributed by atoms with Crippen molar-refractivity contribution in [3.8, 4) is 0 Å². The van der Waals surface area contributed by atoms with Gasteiger partial charge in [-0.2, -0.15) is 0 Å². The Morgan fingerprint density at radius 3 is 2.68 bits per heavy atom. The molecule has 0 aliphatic carbocycles. The summed E-state index contributed by atoms with van der Waals surface area (Å²) in [6.45, 7) is 5.41. The van der Waals surface area contributed by atoms with Crippen molar-refractivity contribution in [2.45, 2.75) is 26.8 Å². The van der Waals surface area contributed by atoms with E-state index in [1.807, 2.05) is 38.1 Å². The molecule has 2 N–H and O–H groups in total. The predicted octanol–water partition coefficient (Wildman–Crippen LogP) is 3.46. The minimum absolute atomic E-state index is 0.694. The lowest BCUT2D eigenvalue weighted by Gasteiger charge is -2.11. The average molecular weight is 320 g/mol. The molecule has 2 aromatic rings. The van der Waals surface area contributed by atoms with Crippen molar-refractivity contribution < 1.29 is 4.42 Å². The first-order chi connectivity index (χ1) is 10.6. The predicted molar refractivity (Wildman–Crippen MR) is 91.5 cm³/mol. The van der Waals surface area contributed by atoms with Crippen LogP contribution in [0.3, 0.4) is 0 Å². The largest absolute Gasteiger partial charge is 0.466 e. The number of nitrogens with one attached hydrogen (secondary N) is 2. The molecular formula is C17H22ClN3O. The van der Waals surface area contributed by atoms with E-state index in [1.54, 1.807) is 7.05 Å². The zero-order chi connectivity index (χ0) is 15.9. The van der Waals surface area contributed by atoms with Gasteiger partial charge in [0, 0.05) is 30.7 Å². The second-order valence-corrected chi connectivity index (χ2v) is 5.61. The molecule has 0 aliphatic rings. The fourth-order valence-corrected chi connectivity index (χ4v) is 2.49. The van der Waals surface area contributed by atoms with Gasteiger partial charge in [0.05, 0.1) is 0 Å². The van der Waals surface area contributed by atoms with E-state index < -0.39 is 0 Å². The summed E-state index contributed by atoms with van der Waals surface area (Å²) < 4.78 is 5.52. The lowest BCUT2D eigenvalue weighted by molar-refractivity contribution is 0.500. The molecule has 0 spiro atoms. The Bertz CT molecular complexity index is 649. The van der Waals surface area contributed by atoms with E-state index in [2.05, 4.69) is 21.7 Å². The first-order valence-electron chi connectivity index (χ1n) is 7.33. The Kier molecular flexibility index (Phi) is 5.90. The second kappa shape index (κ2) is 7.90. The molecule has 0 saturated heterocycles. The van der Waals surface area contributed by atoms with Crippen molar-refractivity contribution in [1.29, 1.82) is 0 Å². The summed E-state index contributed by atoms with van der Waals surface area (Å²) in [5.41, 5.74) is 2.35. The standard InChI is InChI=1S/C17H22ClN3O/c1-12-9-15(13(2)22-12)11-21-17(19-3)20-8-7-14-5-4-6-16(18)10-14/h4-6,9-10H,7-8,11H2,1-3H3,(H2,19,20,21). The van der Waals surface area contributed by atoms with Gasteiger partial charge in [-0.3, -0.25) is 4.99 Å². The van der Waals surface area contributed by atoms with Crippen molar-refractivity contribution in [3.05, 3.63) is 58.0 Å². The van der Waals surface area contributed by atoms with E-state index in [1.165, 1.54) is 5.56 Å². The summed E-state index contributed by atoms with van der Waals surface area (Å²) in [5.74, 6) is 2.65. The van der Waals surface area contributed by atoms with E-state index >= 15 is 0 Å². The monoisotopic (exact) mass is 319 g/mol. The summed E-state index contributed by atoms with van der Waals surface area (Å²) >= 11 is 5.98. The number of hydrogen-bond acceptors (Lipinski definition) is 2. The highest BCUT2D eigenvalue weighted by atomic mass is 35.5. The molecule has 0 fully saturated rings. The Hall–Kier alpha value is -1.94. The fraction of sp³-hybridized carbons (Fsp3) is 0.353. The van der Waals surface area contributed by atoms with Crippen molar-refractivity contribution in [2.75, 3.05) is 13.6 Å². The van der Waals surface area contributed by atoms with E-state index in [4.69, 9.17) is 16.0 Å². The zero-order valence-corrected chi connectivity index (χ0v) is 14.0. The molecule has 2 rings (SSSR count). The van der Waals surface area contributed by atoms with Crippen LogP contribution in [0.4, 0.5) is 0 Å². The molecule has 1 aromatic heterocycles. The molecule has 0 amide bonds. The first kappa shape index (κ1) is 16.4. The van der Waals surface area contributed by atoms with Crippen molar-refractivity contribution >= 4 is 17.6 Å². The first-order valence-corrected chi connectivity index (χ1v) is 7.71. The minimum Gasteiger partial charge on any atom is -0.466 e.